The van der Waals surface area contributed by atoms with Crippen molar-refractivity contribution in [2.24, 2.45) is 5.92 Å². The number of carbonyl (C=O) groups is 1. The van der Waals surface area contributed by atoms with Gasteiger partial charge in [-0.1, -0.05) is 30.2 Å². The van der Waals surface area contributed by atoms with Gasteiger partial charge < -0.3 is 14.1 Å². The third-order valence-corrected chi connectivity index (χ3v) is 6.95. The van der Waals surface area contributed by atoms with E-state index in [4.69, 9.17) is 9.15 Å². The van der Waals surface area contributed by atoms with Gasteiger partial charge in [0.2, 0.25) is 5.91 Å². The Morgan fingerprint density at radius 3 is 2.64 bits per heavy atom. The number of carbonyl (C=O) groups excluding carboxylic acids is 1. The van der Waals surface area contributed by atoms with E-state index in [2.05, 4.69) is 4.90 Å². The molecule has 0 bridgehead atoms. The first-order valence-corrected chi connectivity index (χ1v) is 12.9. The van der Waals surface area contributed by atoms with E-state index in [1.807, 2.05) is 43.3 Å². The summed E-state index contributed by atoms with van der Waals surface area (Å²) in [4.78, 5) is 27.4. The van der Waals surface area contributed by atoms with Crippen LogP contribution in [0.5, 0.6) is 5.75 Å². The third kappa shape index (κ3) is 7.18. The minimum Gasteiger partial charge on any atom is -0.494 e. The number of amides is 1. The fourth-order valence-corrected chi connectivity index (χ4v) is 4.86. The highest BCUT2D eigenvalue weighted by Gasteiger charge is 2.21. The maximum Gasteiger partial charge on any atom is 0.339 e. The number of piperidine rings is 1. The predicted molar refractivity (Wildman–Crippen MR) is 140 cm³/mol. The van der Waals surface area contributed by atoms with Gasteiger partial charge in [0.05, 0.1) is 6.61 Å². The number of ether oxygens (including phenoxy) is 1. The van der Waals surface area contributed by atoms with Crippen molar-refractivity contribution >= 4 is 16.9 Å². The van der Waals surface area contributed by atoms with E-state index >= 15 is 0 Å². The second-order valence-electron chi connectivity index (χ2n) is 9.76. The van der Waals surface area contributed by atoms with Crippen molar-refractivity contribution < 1.29 is 19.2 Å². The summed E-state index contributed by atoms with van der Waals surface area (Å²) in [5.74, 6) is -0.232. The number of hydrogen-bond donors (Lipinski definition) is 2. The Labute approximate surface area is 212 Å². The number of likely N-dealkylation sites (tertiary alicyclic amines) is 1. The molecule has 0 radical (unpaired) electrons. The first-order chi connectivity index (χ1) is 17.5. The van der Waals surface area contributed by atoms with Crippen LogP contribution >= 0.6 is 0 Å². The van der Waals surface area contributed by atoms with Gasteiger partial charge in [0, 0.05) is 23.4 Å². The van der Waals surface area contributed by atoms with Gasteiger partial charge in [-0.05, 0) is 94.4 Å². The molecule has 4 rings (SSSR count). The number of hydrogen-bond acceptors (Lipinski definition) is 6. The van der Waals surface area contributed by atoms with Gasteiger partial charge in [0.25, 0.3) is 0 Å². The Hall–Kier alpha value is -3.16. The van der Waals surface area contributed by atoms with Gasteiger partial charge in [0.15, 0.2) is 0 Å². The van der Waals surface area contributed by atoms with Crippen LogP contribution in [0.15, 0.2) is 57.7 Å². The average molecular weight is 493 g/mol. The molecule has 1 aliphatic rings. The van der Waals surface area contributed by atoms with Crippen LogP contribution in [0.3, 0.4) is 0 Å². The fourth-order valence-electron chi connectivity index (χ4n) is 4.86. The van der Waals surface area contributed by atoms with Crippen LogP contribution in [0.25, 0.3) is 11.0 Å². The molecule has 2 heterocycles. The van der Waals surface area contributed by atoms with Crippen molar-refractivity contribution in [3.63, 3.8) is 0 Å². The number of hydroxylamine groups is 1. The average Bonchev–Trinajstić information content (AvgIpc) is 2.90. The van der Waals surface area contributed by atoms with Gasteiger partial charge in [0.1, 0.15) is 11.3 Å². The molecule has 1 amide bonds. The number of benzene rings is 2. The van der Waals surface area contributed by atoms with Crippen LogP contribution in [0.2, 0.25) is 0 Å². The van der Waals surface area contributed by atoms with Crippen molar-refractivity contribution in [3.05, 3.63) is 75.6 Å². The minimum atomic E-state index is -0.564. The van der Waals surface area contributed by atoms with Crippen LogP contribution in [0.1, 0.15) is 48.8 Å². The fraction of sp³-hybridized carbons (Fsp3) is 0.448. The lowest BCUT2D eigenvalue weighted by Crippen LogP contribution is -2.31. The molecule has 1 aromatic heterocycles. The van der Waals surface area contributed by atoms with E-state index in [9.17, 15) is 14.8 Å². The van der Waals surface area contributed by atoms with E-state index in [1.54, 1.807) is 17.6 Å². The summed E-state index contributed by atoms with van der Waals surface area (Å²) in [6.45, 7) is 6.16. The first kappa shape index (κ1) is 25.9. The Morgan fingerprint density at radius 1 is 1.11 bits per heavy atom. The lowest BCUT2D eigenvalue weighted by atomic mass is 9.92. The molecule has 192 valence electrons. The van der Waals surface area contributed by atoms with Crippen molar-refractivity contribution in [3.8, 4) is 5.75 Å². The Kier molecular flexibility index (Phi) is 9.14. The largest absolute Gasteiger partial charge is 0.494 e. The first-order valence-electron chi connectivity index (χ1n) is 12.9. The highest BCUT2D eigenvalue weighted by molar-refractivity contribution is 5.79. The SMILES string of the molecule is Cc1ccc2oc(=O)c(CC(CCc3ccc(OCCCN4CCCCC4)cc3)C(=O)NO)cc2c1. The normalized spacial score (nSPS) is 15.1. The monoisotopic (exact) mass is 492 g/mol. The smallest absolute Gasteiger partial charge is 0.339 e. The lowest BCUT2D eigenvalue weighted by molar-refractivity contribution is -0.133. The second kappa shape index (κ2) is 12.7. The highest BCUT2D eigenvalue weighted by Crippen LogP contribution is 2.21. The molecule has 1 aliphatic heterocycles. The van der Waals surface area contributed by atoms with Crippen LogP contribution in [0.4, 0.5) is 0 Å². The molecule has 0 saturated carbocycles. The van der Waals surface area contributed by atoms with Gasteiger partial charge >= 0.3 is 5.63 Å². The zero-order valence-electron chi connectivity index (χ0n) is 21.0. The third-order valence-electron chi connectivity index (χ3n) is 6.95. The molecule has 7 heteroatoms. The maximum absolute atomic E-state index is 12.5. The quantitative estimate of drug-likeness (QED) is 0.175. The molecule has 0 aliphatic carbocycles. The Morgan fingerprint density at radius 2 is 1.89 bits per heavy atom. The number of nitrogens with zero attached hydrogens (tertiary/aromatic N) is 1. The number of nitrogens with one attached hydrogen (secondary N) is 1. The van der Waals surface area contributed by atoms with E-state index in [0.717, 1.165) is 35.2 Å². The topological polar surface area (TPSA) is 92.0 Å². The molecular formula is C29H36N2O5. The molecule has 2 N–H and O–H groups in total. The number of fused-ring (bicyclic) bond motifs is 1. The van der Waals surface area contributed by atoms with Gasteiger partial charge in [-0.3, -0.25) is 10.0 Å². The molecular weight excluding hydrogens is 456 g/mol. The summed E-state index contributed by atoms with van der Waals surface area (Å²) in [5.41, 5.74) is 4.36. The molecule has 1 atom stereocenters. The second-order valence-corrected chi connectivity index (χ2v) is 9.76. The Bertz CT molecular complexity index is 1200. The zero-order valence-corrected chi connectivity index (χ0v) is 21.0. The summed E-state index contributed by atoms with van der Waals surface area (Å²) in [6.07, 6.45) is 6.28. The van der Waals surface area contributed by atoms with Crippen LogP contribution < -0.4 is 15.8 Å². The standard InChI is InChI=1S/C29H36N2O5/c1-21-6-13-27-24(18-21)20-25(29(33)36-27)19-23(28(32)30-34)10-7-22-8-11-26(12-9-22)35-17-5-16-31-14-3-2-4-15-31/h6,8-9,11-13,18,20,23,34H,2-5,7,10,14-17,19H2,1H3,(H,30,32). The zero-order chi connectivity index (χ0) is 25.3. The molecule has 1 unspecified atom stereocenters. The molecule has 7 nitrogen and oxygen atoms in total. The van der Waals surface area contributed by atoms with Gasteiger partial charge in [-0.2, -0.15) is 0 Å². The van der Waals surface area contributed by atoms with E-state index in [1.165, 1.54) is 32.4 Å². The van der Waals surface area contributed by atoms with Gasteiger partial charge in [-0.25, -0.2) is 10.3 Å². The van der Waals surface area contributed by atoms with Crippen LogP contribution in [-0.2, 0) is 17.6 Å². The summed E-state index contributed by atoms with van der Waals surface area (Å²) >= 11 is 0. The molecule has 3 aromatic rings. The van der Waals surface area contributed by atoms with E-state index < -0.39 is 17.5 Å². The van der Waals surface area contributed by atoms with Crippen molar-refractivity contribution in [1.29, 1.82) is 0 Å². The summed E-state index contributed by atoms with van der Waals surface area (Å²) in [5, 5.41) is 10.1. The Balaban J connectivity index is 1.31. The van der Waals surface area contributed by atoms with E-state index in [-0.39, 0.29) is 6.42 Å². The highest BCUT2D eigenvalue weighted by atomic mass is 16.5. The summed E-state index contributed by atoms with van der Waals surface area (Å²) in [6, 6.07) is 15.3. The lowest BCUT2D eigenvalue weighted by Gasteiger charge is -2.26. The predicted octanol–water partition coefficient (Wildman–Crippen LogP) is 4.65. The van der Waals surface area contributed by atoms with Gasteiger partial charge in [-0.15, -0.1) is 0 Å². The summed E-state index contributed by atoms with van der Waals surface area (Å²) < 4.78 is 11.3. The van der Waals surface area contributed by atoms with Crippen LogP contribution in [0, 0.1) is 12.8 Å². The van der Waals surface area contributed by atoms with Crippen molar-refractivity contribution in [2.75, 3.05) is 26.2 Å². The molecule has 0 spiro atoms. The molecule has 1 saturated heterocycles. The van der Waals surface area contributed by atoms with E-state index in [0.29, 0.717) is 30.6 Å². The number of aryl methyl sites for hydroxylation is 2. The molecule has 36 heavy (non-hydrogen) atoms. The van der Waals surface area contributed by atoms with Crippen molar-refractivity contribution in [2.45, 2.75) is 51.9 Å². The minimum absolute atomic E-state index is 0.191. The molecule has 2 aromatic carbocycles. The summed E-state index contributed by atoms with van der Waals surface area (Å²) in [7, 11) is 0. The molecule has 1 fully saturated rings. The van der Waals surface area contributed by atoms with Crippen LogP contribution in [-0.4, -0.2) is 42.3 Å². The number of rotatable bonds is 11. The maximum atomic E-state index is 12.5. The van der Waals surface area contributed by atoms with Crippen molar-refractivity contribution in [1.82, 2.24) is 10.4 Å².